The topological polar surface area (TPSA) is 13.1 Å². The predicted molar refractivity (Wildman–Crippen MR) is 190 cm³/mol. The van der Waals surface area contributed by atoms with Crippen LogP contribution in [0.1, 0.15) is 6.85 Å². The van der Waals surface area contributed by atoms with Crippen LogP contribution >= 0.6 is 0 Å². The van der Waals surface area contributed by atoms with E-state index in [1.165, 1.54) is 0 Å². The maximum Gasteiger partial charge on any atom is 0.136 e. The molecular weight excluding hydrogens is 544 g/mol. The summed E-state index contributed by atoms with van der Waals surface area (Å²) in [5.41, 5.74) is 8.15. The van der Waals surface area contributed by atoms with Crippen LogP contribution in [-0.2, 0) is 0 Å². The van der Waals surface area contributed by atoms with Crippen molar-refractivity contribution >= 4 is 43.5 Å². The highest BCUT2D eigenvalue weighted by atomic mass is 16.3. The van der Waals surface area contributed by atoms with Crippen LogP contribution in [0.25, 0.3) is 88.0 Å². The molecule has 0 saturated heterocycles. The summed E-state index contributed by atoms with van der Waals surface area (Å²) in [5.74, 6) is 0. The Morgan fingerprint density at radius 1 is 0.356 bits per heavy atom. The number of rotatable bonds is 4. The lowest BCUT2D eigenvalue weighted by Crippen LogP contribution is -1.93. The lowest BCUT2D eigenvalue weighted by molar-refractivity contribution is 0.669. The predicted octanol–water partition coefficient (Wildman–Crippen LogP) is 12.6. The van der Waals surface area contributed by atoms with Gasteiger partial charge in [-0.25, -0.2) is 0 Å². The molecule has 0 fully saturated rings. The average molecular weight is 578 g/mol. The first-order valence-corrected chi connectivity index (χ1v) is 15.0. The normalized spacial score (nSPS) is 13.1. The zero-order valence-electron chi connectivity index (χ0n) is 29.2. The van der Waals surface area contributed by atoms with Gasteiger partial charge in [0.1, 0.15) is 11.2 Å². The minimum Gasteiger partial charge on any atom is -0.456 e. The van der Waals surface area contributed by atoms with Crippen LogP contribution in [0.15, 0.2) is 174 Å². The van der Waals surface area contributed by atoms with Gasteiger partial charge in [0.15, 0.2) is 0 Å². The minimum atomic E-state index is -0.423. The van der Waals surface area contributed by atoms with Crippen LogP contribution in [0.3, 0.4) is 0 Å². The Morgan fingerprint density at radius 3 is 1.56 bits per heavy atom. The molecular formula is C44H28O. The largest absolute Gasteiger partial charge is 0.456 e. The summed E-state index contributed by atoms with van der Waals surface area (Å²) >= 11 is 0. The van der Waals surface area contributed by atoms with Crippen LogP contribution in [0.5, 0.6) is 0 Å². The first kappa shape index (κ1) is 20.9. The lowest BCUT2D eigenvalue weighted by atomic mass is 9.83. The molecule has 45 heavy (non-hydrogen) atoms. The highest BCUT2D eigenvalue weighted by molar-refractivity contribution is 6.23. The van der Waals surface area contributed by atoms with Crippen LogP contribution in [0.4, 0.5) is 0 Å². The van der Waals surface area contributed by atoms with Gasteiger partial charge in [-0.05, 0) is 84.3 Å². The van der Waals surface area contributed by atoms with E-state index in [2.05, 4.69) is 66.7 Å². The highest BCUT2D eigenvalue weighted by Gasteiger charge is 2.21. The van der Waals surface area contributed by atoms with Gasteiger partial charge in [0.2, 0.25) is 0 Å². The minimum absolute atomic E-state index is 0.141. The number of hydrogen-bond acceptors (Lipinski definition) is 1. The van der Waals surface area contributed by atoms with E-state index in [9.17, 15) is 0 Å². The van der Waals surface area contributed by atoms with E-state index in [0.717, 1.165) is 71.3 Å². The Kier molecular flexibility index (Phi) is 4.81. The highest BCUT2D eigenvalue weighted by Crippen LogP contribution is 2.48. The fourth-order valence-electron chi connectivity index (χ4n) is 6.76. The Balaban J connectivity index is 1.40. The van der Waals surface area contributed by atoms with E-state index in [1.807, 2.05) is 72.8 Å². The van der Waals surface area contributed by atoms with Crippen LogP contribution in [-0.4, -0.2) is 0 Å². The third kappa shape index (κ3) is 4.17. The first-order chi connectivity index (χ1) is 24.4. The van der Waals surface area contributed by atoms with E-state index in [-0.39, 0.29) is 29.7 Å². The molecule has 9 rings (SSSR count). The number of furan rings is 1. The maximum absolute atomic E-state index is 9.00. The molecule has 0 aliphatic heterocycles. The van der Waals surface area contributed by atoms with Crippen LogP contribution in [0, 0.1) is 0 Å². The number of benzene rings is 8. The molecule has 0 saturated carbocycles. The van der Waals surface area contributed by atoms with Crippen LogP contribution in [0.2, 0.25) is 0 Å². The van der Waals surface area contributed by atoms with Crippen molar-refractivity contribution in [3.63, 3.8) is 0 Å². The Morgan fingerprint density at radius 2 is 0.889 bits per heavy atom. The molecule has 0 bridgehead atoms. The third-order valence-corrected chi connectivity index (χ3v) is 8.77. The molecule has 9 aromatic rings. The molecule has 0 amide bonds. The molecule has 8 aromatic carbocycles. The van der Waals surface area contributed by atoms with Crippen molar-refractivity contribution < 1.29 is 11.3 Å². The first-order valence-electron chi connectivity index (χ1n) is 17.5. The number of hydrogen-bond donors (Lipinski definition) is 0. The second-order valence-corrected chi connectivity index (χ2v) is 11.3. The van der Waals surface area contributed by atoms with Gasteiger partial charge in [0.25, 0.3) is 0 Å². The summed E-state index contributed by atoms with van der Waals surface area (Å²) in [6.45, 7) is 0. The number of fused-ring (bicyclic) bond motifs is 5. The van der Waals surface area contributed by atoms with Gasteiger partial charge in [-0.2, -0.15) is 0 Å². The summed E-state index contributed by atoms with van der Waals surface area (Å²) in [6.07, 6.45) is 0. The van der Waals surface area contributed by atoms with Gasteiger partial charge >= 0.3 is 0 Å². The fraction of sp³-hybridized carbons (Fsp3) is 0. The Labute approximate surface area is 268 Å². The van der Waals surface area contributed by atoms with Gasteiger partial charge in [-0.1, -0.05) is 152 Å². The van der Waals surface area contributed by atoms with Crippen molar-refractivity contribution in [1.29, 1.82) is 0 Å². The Hall–Kier alpha value is -5.92. The molecule has 0 spiro atoms. The van der Waals surface area contributed by atoms with Crippen molar-refractivity contribution in [2.45, 2.75) is 0 Å². The summed E-state index contributed by atoms with van der Waals surface area (Å²) in [5, 5.41) is 5.93. The van der Waals surface area contributed by atoms with Gasteiger partial charge < -0.3 is 4.42 Å². The molecule has 1 heterocycles. The second-order valence-electron chi connectivity index (χ2n) is 11.3. The van der Waals surface area contributed by atoms with E-state index in [1.54, 1.807) is 0 Å². The molecule has 1 nitrogen and oxygen atoms in total. The molecule has 210 valence electrons. The van der Waals surface area contributed by atoms with Gasteiger partial charge in [0, 0.05) is 10.8 Å². The second kappa shape index (κ2) is 10.4. The van der Waals surface area contributed by atoms with Gasteiger partial charge in [0.05, 0.1) is 6.85 Å². The van der Waals surface area contributed by atoms with E-state index >= 15 is 0 Å². The average Bonchev–Trinajstić information content (AvgIpc) is 3.53. The lowest BCUT2D eigenvalue weighted by Gasteiger charge is -2.20. The zero-order valence-corrected chi connectivity index (χ0v) is 24.2. The molecule has 0 aliphatic carbocycles. The monoisotopic (exact) mass is 577 g/mol. The van der Waals surface area contributed by atoms with E-state index in [4.69, 9.17) is 11.3 Å². The van der Waals surface area contributed by atoms with Gasteiger partial charge in [-0.3, -0.25) is 0 Å². The zero-order chi connectivity index (χ0) is 34.1. The summed E-state index contributed by atoms with van der Waals surface area (Å²) in [7, 11) is 0. The fourth-order valence-corrected chi connectivity index (χ4v) is 6.76. The van der Waals surface area contributed by atoms with Crippen molar-refractivity contribution in [2.24, 2.45) is 0 Å². The van der Waals surface area contributed by atoms with Crippen molar-refractivity contribution in [3.8, 4) is 44.5 Å². The van der Waals surface area contributed by atoms with Crippen molar-refractivity contribution in [3.05, 3.63) is 170 Å². The molecule has 0 unspecified atom stereocenters. The summed E-state index contributed by atoms with van der Waals surface area (Å²) < 4.78 is 49.7. The smallest absolute Gasteiger partial charge is 0.136 e. The quantitative estimate of drug-likeness (QED) is 0.190. The standard InChI is InChI=1S/C44H28O/c1-3-13-29(14-4-1)30-23-25-32(26-24-30)43-34-18-7-9-20-36(34)44(37-21-10-8-19-35(37)43)40-27-39-33-17-11-12-22-41(33)45-42(39)28-38(40)31-15-5-2-6-16-31/h1-28H/i2D,5D,6D,15D,16D. The van der Waals surface area contributed by atoms with Crippen molar-refractivity contribution in [1.82, 2.24) is 0 Å². The molecule has 1 heteroatoms. The number of para-hydroxylation sites is 1. The summed E-state index contributed by atoms with van der Waals surface area (Å²) in [4.78, 5) is 0. The summed E-state index contributed by atoms with van der Waals surface area (Å²) in [6, 6.07) is 45.8. The molecule has 1 aromatic heterocycles. The SMILES string of the molecule is [2H]c1c([2H])c([2H])c(-c2cc3oc4ccccc4c3cc2-c2c3ccccc3c(-c3ccc(-c4ccccc4)cc3)c3ccccc23)c([2H])c1[2H]. The maximum atomic E-state index is 9.00. The molecule has 0 radical (unpaired) electrons. The molecule has 0 atom stereocenters. The third-order valence-electron chi connectivity index (χ3n) is 8.77. The Bertz CT molecular complexity index is 2720. The van der Waals surface area contributed by atoms with E-state index in [0.29, 0.717) is 11.1 Å². The molecule has 0 N–H and O–H groups in total. The van der Waals surface area contributed by atoms with E-state index < -0.39 is 6.04 Å². The molecule has 0 aliphatic rings. The van der Waals surface area contributed by atoms with Crippen molar-refractivity contribution in [2.75, 3.05) is 0 Å². The van der Waals surface area contributed by atoms with Gasteiger partial charge in [-0.15, -0.1) is 0 Å². The van der Waals surface area contributed by atoms with Crippen LogP contribution < -0.4 is 0 Å².